The molecule has 1 heterocycles. The summed E-state index contributed by atoms with van der Waals surface area (Å²) in [4.78, 5) is 0. The third-order valence-electron chi connectivity index (χ3n) is 9.29. The van der Waals surface area contributed by atoms with Gasteiger partial charge in [-0.3, -0.25) is 0 Å². The number of epoxide rings is 1. The Bertz CT molecular complexity index is 453. The van der Waals surface area contributed by atoms with Gasteiger partial charge in [0.25, 0.3) is 0 Å². The van der Waals surface area contributed by atoms with Crippen LogP contribution in [-0.4, -0.2) is 12.2 Å². The fourth-order valence-electron chi connectivity index (χ4n) is 8.02. The van der Waals surface area contributed by atoms with Gasteiger partial charge in [-0.05, 0) is 80.5 Å². The third kappa shape index (κ3) is 1.53. The highest BCUT2D eigenvalue weighted by molar-refractivity contribution is 5.17. The van der Waals surface area contributed by atoms with Crippen LogP contribution in [0.1, 0.15) is 78.1 Å². The van der Waals surface area contributed by atoms with Crippen LogP contribution >= 0.6 is 0 Å². The second kappa shape index (κ2) is 4.08. The molecule has 1 heteroatoms. The fraction of sp³-hybridized carbons (Fsp3) is 1.00. The Hall–Kier alpha value is -0.0400. The Labute approximate surface area is 130 Å². The minimum Gasteiger partial charge on any atom is -0.369 e. The van der Waals surface area contributed by atoms with E-state index in [1.165, 1.54) is 57.8 Å². The number of hydrogen-bond acceptors (Lipinski definition) is 1. The minimum atomic E-state index is 0.325. The van der Waals surface area contributed by atoms with Crippen molar-refractivity contribution >= 4 is 0 Å². The zero-order valence-electron chi connectivity index (χ0n) is 14.0. The topological polar surface area (TPSA) is 12.5 Å². The van der Waals surface area contributed by atoms with Crippen molar-refractivity contribution in [2.45, 2.75) is 83.7 Å². The van der Waals surface area contributed by atoms with E-state index in [1.807, 2.05) is 0 Å². The molecule has 1 nitrogen and oxygen atoms in total. The van der Waals surface area contributed by atoms with Gasteiger partial charge in [0, 0.05) is 5.41 Å². The summed E-state index contributed by atoms with van der Waals surface area (Å²) in [6, 6.07) is 0. The van der Waals surface area contributed by atoms with Crippen LogP contribution < -0.4 is 0 Å². The zero-order chi connectivity index (χ0) is 14.3. The van der Waals surface area contributed by atoms with E-state index in [2.05, 4.69) is 13.8 Å². The molecule has 0 aromatic rings. The number of fused-ring (bicyclic) bond motifs is 6. The summed E-state index contributed by atoms with van der Waals surface area (Å²) in [7, 11) is 0. The maximum absolute atomic E-state index is 6.19. The summed E-state index contributed by atoms with van der Waals surface area (Å²) in [5, 5.41) is 0. The fourth-order valence-corrected chi connectivity index (χ4v) is 8.02. The highest BCUT2D eigenvalue weighted by atomic mass is 16.6. The van der Waals surface area contributed by atoms with E-state index in [-0.39, 0.29) is 0 Å². The van der Waals surface area contributed by atoms with Crippen LogP contribution in [0.15, 0.2) is 0 Å². The molecule has 1 saturated heterocycles. The summed E-state index contributed by atoms with van der Waals surface area (Å²) < 4.78 is 6.19. The predicted molar refractivity (Wildman–Crippen MR) is 85.0 cm³/mol. The Morgan fingerprint density at radius 2 is 1.62 bits per heavy atom. The highest BCUT2D eigenvalue weighted by Gasteiger charge is 2.69. The number of hydrogen-bond donors (Lipinski definition) is 0. The second-order valence-corrected chi connectivity index (χ2v) is 9.69. The second-order valence-electron chi connectivity index (χ2n) is 9.69. The minimum absolute atomic E-state index is 0.325. The molecule has 0 aromatic heterocycles. The van der Waals surface area contributed by atoms with Crippen LogP contribution in [0.2, 0.25) is 0 Å². The van der Waals surface area contributed by atoms with Gasteiger partial charge in [0.05, 0.1) is 12.2 Å². The first kappa shape index (κ1) is 13.4. The molecular weight excluding hydrogens is 256 g/mol. The first-order valence-electron chi connectivity index (χ1n) is 9.73. The van der Waals surface area contributed by atoms with E-state index in [0.29, 0.717) is 16.4 Å². The van der Waals surface area contributed by atoms with Crippen molar-refractivity contribution in [1.82, 2.24) is 0 Å². The summed E-state index contributed by atoms with van der Waals surface area (Å²) in [6.07, 6.45) is 14.9. The van der Waals surface area contributed by atoms with Gasteiger partial charge in [-0.15, -0.1) is 0 Å². The Balaban J connectivity index is 1.53. The standard InChI is InChI=1S/C20H32O/c1-18-10-4-6-16(18)15-8-7-14-5-3-11-20(13-21-20)19(14,2)17(15)9-12-18/h14-17H,3-13H2,1-2H3/t14?,15-,16-,17-,18-,19-,20?/m0/s1. The summed E-state index contributed by atoms with van der Waals surface area (Å²) >= 11 is 0. The highest BCUT2D eigenvalue weighted by Crippen LogP contribution is 2.71. The molecule has 5 aliphatic rings. The van der Waals surface area contributed by atoms with Gasteiger partial charge in [0.2, 0.25) is 0 Å². The average molecular weight is 288 g/mol. The van der Waals surface area contributed by atoms with Crippen LogP contribution in [0.3, 0.4) is 0 Å². The molecule has 118 valence electrons. The van der Waals surface area contributed by atoms with Gasteiger partial charge in [-0.1, -0.05) is 26.7 Å². The molecule has 21 heavy (non-hydrogen) atoms. The van der Waals surface area contributed by atoms with Crippen molar-refractivity contribution in [2.24, 2.45) is 34.5 Å². The molecule has 0 N–H and O–H groups in total. The smallest absolute Gasteiger partial charge is 0.0975 e. The van der Waals surface area contributed by atoms with Gasteiger partial charge in [0.15, 0.2) is 0 Å². The maximum Gasteiger partial charge on any atom is 0.0975 e. The van der Waals surface area contributed by atoms with Crippen LogP contribution in [-0.2, 0) is 4.74 Å². The maximum atomic E-state index is 6.19. The van der Waals surface area contributed by atoms with Gasteiger partial charge < -0.3 is 4.74 Å². The largest absolute Gasteiger partial charge is 0.369 e. The van der Waals surface area contributed by atoms with E-state index >= 15 is 0 Å². The molecule has 5 rings (SSSR count). The van der Waals surface area contributed by atoms with E-state index in [0.717, 1.165) is 30.3 Å². The molecule has 1 spiro atoms. The average Bonchev–Trinajstić information content (AvgIpc) is 3.14. The molecule has 7 atom stereocenters. The zero-order valence-corrected chi connectivity index (χ0v) is 14.0. The Morgan fingerprint density at radius 3 is 2.43 bits per heavy atom. The molecule has 1 aliphatic heterocycles. The van der Waals surface area contributed by atoms with Crippen molar-refractivity contribution in [3.63, 3.8) is 0 Å². The SMILES string of the molecule is C[C@@]12CCC[C@H]1[C@@H]1CCC3CCCC4(CO4)[C@]3(C)[C@H]1CC2. The first-order chi connectivity index (χ1) is 10.1. The third-order valence-corrected chi connectivity index (χ3v) is 9.29. The number of rotatable bonds is 0. The van der Waals surface area contributed by atoms with E-state index < -0.39 is 0 Å². The van der Waals surface area contributed by atoms with E-state index in [4.69, 9.17) is 4.74 Å². The molecular formula is C20H32O. The van der Waals surface area contributed by atoms with Crippen molar-refractivity contribution in [3.8, 4) is 0 Å². The van der Waals surface area contributed by atoms with Gasteiger partial charge in [-0.2, -0.15) is 0 Å². The van der Waals surface area contributed by atoms with Gasteiger partial charge in [0.1, 0.15) is 0 Å². The van der Waals surface area contributed by atoms with Crippen LogP contribution in [0, 0.1) is 34.5 Å². The van der Waals surface area contributed by atoms with Crippen molar-refractivity contribution in [1.29, 1.82) is 0 Å². The van der Waals surface area contributed by atoms with E-state index in [1.54, 1.807) is 6.42 Å². The first-order valence-corrected chi connectivity index (χ1v) is 9.73. The normalized spacial score (nSPS) is 62.0. The van der Waals surface area contributed by atoms with Crippen molar-refractivity contribution in [3.05, 3.63) is 0 Å². The molecule has 2 unspecified atom stereocenters. The lowest BCUT2D eigenvalue weighted by atomic mass is 9.43. The lowest BCUT2D eigenvalue weighted by Gasteiger charge is -2.61. The van der Waals surface area contributed by atoms with Crippen LogP contribution in [0.5, 0.6) is 0 Å². The molecule has 5 fully saturated rings. The summed E-state index contributed by atoms with van der Waals surface area (Å²) in [5.74, 6) is 4.04. The quantitative estimate of drug-likeness (QED) is 0.559. The molecule has 0 amide bonds. The molecule has 0 bridgehead atoms. The lowest BCUT2D eigenvalue weighted by molar-refractivity contribution is -0.140. The lowest BCUT2D eigenvalue weighted by Crippen LogP contribution is -2.58. The van der Waals surface area contributed by atoms with E-state index in [9.17, 15) is 0 Å². The predicted octanol–water partition coefficient (Wildman–Crippen LogP) is 5.19. The molecule has 0 radical (unpaired) electrons. The molecule has 0 aromatic carbocycles. The monoisotopic (exact) mass is 288 g/mol. The van der Waals surface area contributed by atoms with Crippen molar-refractivity contribution in [2.75, 3.05) is 6.61 Å². The van der Waals surface area contributed by atoms with Crippen LogP contribution in [0.4, 0.5) is 0 Å². The summed E-state index contributed by atoms with van der Waals surface area (Å²) in [5.41, 5.74) is 1.56. The van der Waals surface area contributed by atoms with Crippen molar-refractivity contribution < 1.29 is 4.74 Å². The Morgan fingerprint density at radius 1 is 0.810 bits per heavy atom. The summed E-state index contributed by atoms with van der Waals surface area (Å²) in [6.45, 7) is 6.38. The molecule has 4 saturated carbocycles. The van der Waals surface area contributed by atoms with Gasteiger partial charge >= 0.3 is 0 Å². The molecule has 4 aliphatic carbocycles. The van der Waals surface area contributed by atoms with Crippen LogP contribution in [0.25, 0.3) is 0 Å². The number of ether oxygens (including phenoxy) is 1. The van der Waals surface area contributed by atoms with Gasteiger partial charge in [-0.25, -0.2) is 0 Å². The Kier molecular flexibility index (Phi) is 2.60.